The Morgan fingerprint density at radius 3 is 2.62 bits per heavy atom. The summed E-state index contributed by atoms with van der Waals surface area (Å²) < 4.78 is 37.9. The zero-order valence-electron chi connectivity index (χ0n) is 15.2. The SMILES string of the molecule is CCCCCCNC(=O)N1CCCN(c2ccc(C(F)(F)F)cn2)CC1. The molecule has 0 aromatic carbocycles. The van der Waals surface area contributed by atoms with E-state index in [9.17, 15) is 18.0 Å². The second-order valence-corrected chi connectivity index (χ2v) is 6.52. The minimum atomic E-state index is -4.38. The van der Waals surface area contributed by atoms with Gasteiger partial charge in [0.15, 0.2) is 0 Å². The number of nitrogens with zero attached hydrogens (tertiary/aromatic N) is 3. The second-order valence-electron chi connectivity index (χ2n) is 6.52. The second kappa shape index (κ2) is 9.64. The van der Waals surface area contributed by atoms with Crippen LogP contribution in [-0.4, -0.2) is 48.6 Å². The lowest BCUT2D eigenvalue weighted by Crippen LogP contribution is -2.42. The highest BCUT2D eigenvalue weighted by Crippen LogP contribution is 2.29. The third-order valence-electron chi connectivity index (χ3n) is 4.49. The standard InChI is InChI=1S/C18H27F3N4O/c1-2-3-4-5-9-22-17(26)25-11-6-10-24(12-13-25)16-8-7-15(14-23-16)18(19,20)21/h7-8,14H,2-6,9-13H2,1H3,(H,22,26). The van der Waals surface area contributed by atoms with Gasteiger partial charge in [0.1, 0.15) is 5.82 Å². The average Bonchev–Trinajstić information content (AvgIpc) is 2.87. The van der Waals surface area contributed by atoms with E-state index in [1.165, 1.54) is 12.5 Å². The van der Waals surface area contributed by atoms with Crippen molar-refractivity contribution in [2.75, 3.05) is 37.6 Å². The smallest absolute Gasteiger partial charge is 0.355 e. The monoisotopic (exact) mass is 372 g/mol. The van der Waals surface area contributed by atoms with Crippen molar-refractivity contribution in [2.45, 2.75) is 45.2 Å². The summed E-state index contributed by atoms with van der Waals surface area (Å²) in [7, 11) is 0. The summed E-state index contributed by atoms with van der Waals surface area (Å²) in [4.78, 5) is 19.9. The molecule has 1 saturated heterocycles. The van der Waals surface area contributed by atoms with Crippen molar-refractivity contribution in [1.82, 2.24) is 15.2 Å². The molecule has 5 nitrogen and oxygen atoms in total. The third-order valence-corrected chi connectivity index (χ3v) is 4.49. The molecule has 1 aliphatic rings. The summed E-state index contributed by atoms with van der Waals surface area (Å²) in [5, 5.41) is 2.95. The number of anilines is 1. The molecule has 1 aromatic rings. The van der Waals surface area contributed by atoms with E-state index in [4.69, 9.17) is 0 Å². The number of halogens is 3. The van der Waals surface area contributed by atoms with Crippen molar-refractivity contribution < 1.29 is 18.0 Å². The van der Waals surface area contributed by atoms with Gasteiger partial charge < -0.3 is 15.1 Å². The first-order valence-corrected chi connectivity index (χ1v) is 9.23. The molecule has 2 heterocycles. The molecule has 2 amide bonds. The zero-order chi connectivity index (χ0) is 19.0. The van der Waals surface area contributed by atoms with Gasteiger partial charge in [0.25, 0.3) is 0 Å². The number of urea groups is 1. The topological polar surface area (TPSA) is 48.5 Å². The van der Waals surface area contributed by atoms with Crippen molar-refractivity contribution in [1.29, 1.82) is 0 Å². The van der Waals surface area contributed by atoms with Crippen LogP contribution in [0.4, 0.5) is 23.8 Å². The van der Waals surface area contributed by atoms with E-state index in [0.29, 0.717) is 38.5 Å². The molecule has 8 heteroatoms. The van der Waals surface area contributed by atoms with Crippen LogP contribution in [0.3, 0.4) is 0 Å². The summed E-state index contributed by atoms with van der Waals surface area (Å²) in [6.45, 7) is 5.22. The lowest BCUT2D eigenvalue weighted by Gasteiger charge is -2.23. The molecule has 0 aliphatic carbocycles. The molecule has 0 radical (unpaired) electrons. The van der Waals surface area contributed by atoms with E-state index in [2.05, 4.69) is 17.2 Å². The average molecular weight is 372 g/mol. The van der Waals surface area contributed by atoms with E-state index >= 15 is 0 Å². The van der Waals surface area contributed by atoms with Crippen LogP contribution in [0.1, 0.15) is 44.6 Å². The first-order valence-electron chi connectivity index (χ1n) is 9.23. The number of alkyl halides is 3. The summed E-state index contributed by atoms with van der Waals surface area (Å²) in [6, 6.07) is 2.38. The molecule has 146 valence electrons. The van der Waals surface area contributed by atoms with Crippen LogP contribution in [0.2, 0.25) is 0 Å². The number of unbranched alkanes of at least 4 members (excludes halogenated alkanes) is 3. The van der Waals surface area contributed by atoms with Crippen LogP contribution < -0.4 is 10.2 Å². The van der Waals surface area contributed by atoms with Crippen LogP contribution in [0.5, 0.6) is 0 Å². The predicted molar refractivity (Wildman–Crippen MR) is 95.2 cm³/mol. The Balaban J connectivity index is 1.83. The van der Waals surface area contributed by atoms with Gasteiger partial charge in [-0.05, 0) is 25.0 Å². The molecule has 1 aromatic heterocycles. The van der Waals surface area contributed by atoms with Gasteiger partial charge in [-0.25, -0.2) is 9.78 Å². The number of aromatic nitrogens is 1. The molecular weight excluding hydrogens is 345 g/mol. The molecule has 26 heavy (non-hydrogen) atoms. The van der Waals surface area contributed by atoms with Crippen LogP contribution in [0.15, 0.2) is 18.3 Å². The highest BCUT2D eigenvalue weighted by Gasteiger charge is 2.31. The maximum Gasteiger partial charge on any atom is 0.417 e. The Labute approximate surface area is 152 Å². The molecule has 0 saturated carbocycles. The van der Waals surface area contributed by atoms with Gasteiger partial charge in [0, 0.05) is 38.9 Å². The number of carbonyl (C=O) groups excluding carboxylic acids is 1. The maximum absolute atomic E-state index is 12.6. The molecule has 2 rings (SSSR count). The fraction of sp³-hybridized carbons (Fsp3) is 0.667. The van der Waals surface area contributed by atoms with Gasteiger partial charge in [-0.2, -0.15) is 13.2 Å². The van der Waals surface area contributed by atoms with Crippen molar-refractivity contribution in [3.63, 3.8) is 0 Å². The summed E-state index contributed by atoms with van der Waals surface area (Å²) in [6.07, 6.45) is 1.67. The van der Waals surface area contributed by atoms with Crippen molar-refractivity contribution in [2.24, 2.45) is 0 Å². The Hall–Kier alpha value is -1.99. The quantitative estimate of drug-likeness (QED) is 0.771. The van der Waals surface area contributed by atoms with Gasteiger partial charge in [-0.3, -0.25) is 0 Å². The van der Waals surface area contributed by atoms with Crippen LogP contribution >= 0.6 is 0 Å². The number of nitrogens with one attached hydrogen (secondary N) is 1. The number of amides is 2. The van der Waals surface area contributed by atoms with E-state index in [0.717, 1.165) is 37.9 Å². The zero-order valence-corrected chi connectivity index (χ0v) is 15.2. The number of carbonyl (C=O) groups is 1. The minimum Gasteiger partial charge on any atom is -0.355 e. The third kappa shape index (κ3) is 6.07. The van der Waals surface area contributed by atoms with E-state index < -0.39 is 11.7 Å². The summed E-state index contributed by atoms with van der Waals surface area (Å²) >= 11 is 0. The molecule has 1 N–H and O–H groups in total. The van der Waals surface area contributed by atoms with Gasteiger partial charge >= 0.3 is 12.2 Å². The first kappa shape index (κ1) is 20.3. The highest BCUT2D eigenvalue weighted by atomic mass is 19.4. The fourth-order valence-electron chi connectivity index (χ4n) is 2.95. The Morgan fingerprint density at radius 2 is 1.96 bits per heavy atom. The number of hydrogen-bond donors (Lipinski definition) is 1. The van der Waals surface area contributed by atoms with Gasteiger partial charge in [-0.15, -0.1) is 0 Å². The van der Waals surface area contributed by atoms with Gasteiger partial charge in [0.2, 0.25) is 0 Å². The number of rotatable bonds is 6. The Kier molecular flexibility index (Phi) is 7.53. The Bertz CT molecular complexity index is 563. The molecule has 1 fully saturated rings. The van der Waals surface area contributed by atoms with Crippen LogP contribution in [-0.2, 0) is 6.18 Å². The van der Waals surface area contributed by atoms with Crippen molar-refractivity contribution in [3.8, 4) is 0 Å². The van der Waals surface area contributed by atoms with Crippen molar-refractivity contribution in [3.05, 3.63) is 23.9 Å². The van der Waals surface area contributed by atoms with E-state index in [1.807, 2.05) is 4.90 Å². The molecule has 1 aliphatic heterocycles. The van der Waals surface area contributed by atoms with E-state index in [-0.39, 0.29) is 6.03 Å². The molecule has 0 atom stereocenters. The molecule has 0 spiro atoms. The summed E-state index contributed by atoms with van der Waals surface area (Å²) in [5.41, 5.74) is -0.750. The lowest BCUT2D eigenvalue weighted by atomic mass is 10.2. The van der Waals surface area contributed by atoms with Gasteiger partial charge in [-0.1, -0.05) is 26.2 Å². The highest BCUT2D eigenvalue weighted by molar-refractivity contribution is 5.74. The predicted octanol–water partition coefficient (Wildman–Crippen LogP) is 3.90. The fourth-order valence-corrected chi connectivity index (χ4v) is 2.95. The molecular formula is C18H27F3N4O. The van der Waals surface area contributed by atoms with Gasteiger partial charge in [0.05, 0.1) is 5.56 Å². The molecule has 0 unspecified atom stereocenters. The van der Waals surface area contributed by atoms with Crippen LogP contribution in [0.25, 0.3) is 0 Å². The van der Waals surface area contributed by atoms with E-state index in [1.54, 1.807) is 4.90 Å². The summed E-state index contributed by atoms with van der Waals surface area (Å²) in [5.74, 6) is 0.514. The lowest BCUT2D eigenvalue weighted by molar-refractivity contribution is -0.137. The Morgan fingerprint density at radius 1 is 1.15 bits per heavy atom. The number of pyridine rings is 1. The first-order chi connectivity index (χ1) is 12.4. The molecule has 0 bridgehead atoms. The number of hydrogen-bond acceptors (Lipinski definition) is 3. The minimum absolute atomic E-state index is 0.0660. The maximum atomic E-state index is 12.6. The normalized spacial score (nSPS) is 15.7. The van der Waals surface area contributed by atoms with Crippen LogP contribution in [0, 0.1) is 0 Å². The van der Waals surface area contributed by atoms with Crippen molar-refractivity contribution >= 4 is 11.8 Å². The largest absolute Gasteiger partial charge is 0.417 e.